The fourth-order valence-corrected chi connectivity index (χ4v) is 0. The van der Waals surface area contributed by atoms with Gasteiger partial charge in [0.05, 0.1) is 0 Å². The molecular weight excluding hydrogens is 110 g/mol. The maximum absolute atomic E-state index is 0. The van der Waals surface area contributed by atoms with Crippen molar-refractivity contribution in [2.24, 2.45) is 0 Å². The maximum atomic E-state index is 0. The smallest absolute Gasteiger partial charge is 1.00 e. The third-order valence-corrected chi connectivity index (χ3v) is 0. The van der Waals surface area contributed by atoms with Crippen LogP contribution in [0.2, 0.25) is 0 Å². The molecule has 32 valence electrons. The van der Waals surface area contributed by atoms with Crippen LogP contribution in [0.25, 0.3) is 0 Å². The van der Waals surface area contributed by atoms with Gasteiger partial charge in [-0.1, -0.05) is 0 Å². The van der Waals surface area contributed by atoms with E-state index in [0.29, 0.717) is 0 Å². The molecule has 0 rings (SSSR count). The molecule has 0 heterocycles. The first-order chi connectivity index (χ1) is 0. The third kappa shape index (κ3) is 111. The predicted molar refractivity (Wildman–Crippen MR) is 5.75 cm³/mol. The number of hydrogen-bond donors (Lipinski definition) is 0. The predicted octanol–water partition coefficient (Wildman–Crippen LogP) is -15.4. The van der Waals surface area contributed by atoms with Crippen LogP contribution in [0.5, 0.6) is 0 Å². The summed E-state index contributed by atoms with van der Waals surface area (Å²) in [4.78, 5) is 0. The van der Waals surface area contributed by atoms with E-state index in [1.807, 2.05) is 0 Å². The van der Waals surface area contributed by atoms with E-state index in [9.17, 15) is 0 Å². The molecule has 0 aliphatic carbocycles. The van der Waals surface area contributed by atoms with E-state index in [1.165, 1.54) is 0 Å². The van der Waals surface area contributed by atoms with Crippen molar-refractivity contribution in [1.29, 1.82) is 0 Å². The molecule has 0 radical (unpaired) electrons. The van der Waals surface area contributed by atoms with Crippen LogP contribution in [-0.4, -0.2) is 8.41 Å². The van der Waals surface area contributed by atoms with Crippen LogP contribution in [0.4, 0.5) is 0 Å². The van der Waals surface area contributed by atoms with Crippen molar-refractivity contribution < 1.29 is 48.4 Å². The Labute approximate surface area is 57.0 Å². The van der Waals surface area contributed by atoms with E-state index in [0.717, 1.165) is 0 Å². The summed E-state index contributed by atoms with van der Waals surface area (Å²) in [6.45, 7) is 0. The van der Waals surface area contributed by atoms with Crippen molar-refractivity contribution in [3.05, 3.63) is 0 Å². The third-order valence-electron chi connectivity index (χ3n) is 0. The maximum Gasteiger partial charge on any atom is 3.00 e. The van der Waals surface area contributed by atoms with Crippen LogP contribution in [-0.2, 0) is 0 Å². The first-order valence-electron chi connectivity index (χ1n) is 0. The van der Waals surface area contributed by atoms with Gasteiger partial charge >= 0.3 is 38.0 Å². The van der Waals surface area contributed by atoms with E-state index in [1.54, 1.807) is 0 Å². The van der Waals surface area contributed by atoms with Gasteiger partial charge in [0.1, 0.15) is 0 Å². The molecule has 0 aliphatic heterocycles. The molecule has 0 saturated carbocycles. The van der Waals surface area contributed by atoms with Crippen LogP contribution >= 0.6 is 0 Å². The SMILES string of the molecule is [B+3].[F-].[F-].[F-].[F-].[Na+]. The summed E-state index contributed by atoms with van der Waals surface area (Å²) in [5.74, 6) is 0. The Kier molecular flexibility index (Phi) is 13200. The average molecular weight is 110 g/mol. The standard InChI is InChI=1S/B.4FH.Na/h;4*1H;/q+3;;;;;+1/p-4. The number of rotatable bonds is 0. The summed E-state index contributed by atoms with van der Waals surface area (Å²) < 4.78 is 0. The van der Waals surface area contributed by atoms with Gasteiger partial charge in [-0.05, 0) is 0 Å². The molecule has 0 aromatic carbocycles. The summed E-state index contributed by atoms with van der Waals surface area (Å²) in [5.41, 5.74) is 0. The summed E-state index contributed by atoms with van der Waals surface area (Å²) in [6.07, 6.45) is 0. The van der Waals surface area contributed by atoms with Gasteiger partial charge in [-0.25, -0.2) is 0 Å². The largest absolute Gasteiger partial charge is 3.00 e. The van der Waals surface area contributed by atoms with Crippen LogP contribution in [0.3, 0.4) is 0 Å². The van der Waals surface area contributed by atoms with Crippen LogP contribution in [0.15, 0.2) is 0 Å². The Hall–Kier alpha value is 0.785. The minimum absolute atomic E-state index is 0. The van der Waals surface area contributed by atoms with E-state index in [2.05, 4.69) is 0 Å². The first kappa shape index (κ1) is 369. The van der Waals surface area contributed by atoms with Crippen molar-refractivity contribution in [1.82, 2.24) is 0 Å². The second-order valence-electron chi connectivity index (χ2n) is 0. The van der Waals surface area contributed by atoms with E-state index >= 15 is 0 Å². The van der Waals surface area contributed by atoms with Gasteiger partial charge in [0.25, 0.3) is 0 Å². The number of halogens is 4. The van der Waals surface area contributed by atoms with Gasteiger partial charge in [0, 0.05) is 0 Å². The minimum Gasteiger partial charge on any atom is -1.00 e. The monoisotopic (exact) mass is 110 g/mol. The van der Waals surface area contributed by atoms with E-state index in [-0.39, 0.29) is 56.8 Å². The number of hydrogen-bond acceptors (Lipinski definition) is 0. The zero-order chi connectivity index (χ0) is 0. The molecule has 0 aliphatic rings. The van der Waals surface area contributed by atoms with Gasteiger partial charge in [-0.15, -0.1) is 0 Å². The molecular formula is BF4Na. The zero-order valence-corrected chi connectivity index (χ0v) is 5.09. The van der Waals surface area contributed by atoms with Gasteiger partial charge in [0.15, 0.2) is 0 Å². The Morgan fingerprint density at radius 2 is 0.500 bits per heavy atom. The molecule has 0 fully saturated rings. The van der Waals surface area contributed by atoms with Gasteiger partial charge in [-0.3, -0.25) is 0 Å². The first-order valence-corrected chi connectivity index (χ1v) is 0. The van der Waals surface area contributed by atoms with Crippen molar-refractivity contribution in [2.75, 3.05) is 0 Å². The van der Waals surface area contributed by atoms with Crippen molar-refractivity contribution >= 4 is 8.41 Å². The Morgan fingerprint density at radius 3 is 0.500 bits per heavy atom. The van der Waals surface area contributed by atoms with Crippen LogP contribution in [0, 0.1) is 0 Å². The molecule has 0 amide bonds. The van der Waals surface area contributed by atoms with Crippen molar-refractivity contribution in [3.8, 4) is 0 Å². The van der Waals surface area contributed by atoms with Crippen molar-refractivity contribution in [3.63, 3.8) is 0 Å². The quantitative estimate of drug-likeness (QED) is 0.214. The molecule has 6 heteroatoms. The fraction of sp³-hybridized carbons (Fsp3) is 0. The normalized spacial score (nSPS) is 0. The molecule has 0 spiro atoms. The second-order valence-corrected chi connectivity index (χ2v) is 0. The molecule has 6 heavy (non-hydrogen) atoms. The molecule has 0 aromatic heterocycles. The van der Waals surface area contributed by atoms with Gasteiger partial charge in [-0.2, -0.15) is 0 Å². The minimum atomic E-state index is 0. The molecule has 0 atom stereocenters. The summed E-state index contributed by atoms with van der Waals surface area (Å²) in [7, 11) is 0. The van der Waals surface area contributed by atoms with E-state index in [4.69, 9.17) is 0 Å². The summed E-state index contributed by atoms with van der Waals surface area (Å²) in [5, 5.41) is 0. The second kappa shape index (κ2) is 215. The van der Waals surface area contributed by atoms with Gasteiger partial charge < -0.3 is 18.8 Å². The van der Waals surface area contributed by atoms with Crippen LogP contribution < -0.4 is 48.4 Å². The molecule has 0 saturated heterocycles. The molecule has 0 N–H and O–H groups in total. The van der Waals surface area contributed by atoms with Gasteiger partial charge in [0.2, 0.25) is 0 Å². The zero-order valence-electron chi connectivity index (χ0n) is 3.09. The summed E-state index contributed by atoms with van der Waals surface area (Å²) in [6, 6.07) is 0. The Morgan fingerprint density at radius 1 is 0.500 bits per heavy atom. The summed E-state index contributed by atoms with van der Waals surface area (Å²) >= 11 is 0. The molecule has 0 bridgehead atoms. The van der Waals surface area contributed by atoms with E-state index < -0.39 is 0 Å². The topological polar surface area (TPSA) is 0 Å². The molecule has 0 nitrogen and oxygen atoms in total. The molecule has 0 aromatic rings. The fourth-order valence-electron chi connectivity index (χ4n) is 0. The average Bonchev–Trinajstić information content (AvgIpc) is 0. The van der Waals surface area contributed by atoms with Crippen LogP contribution in [0.1, 0.15) is 0 Å². The Balaban J connectivity index is 0. The van der Waals surface area contributed by atoms with Crippen molar-refractivity contribution in [2.45, 2.75) is 0 Å². The Bertz CT molecular complexity index is 7.51. The molecule has 0 unspecified atom stereocenters.